The van der Waals surface area contributed by atoms with Crippen LogP contribution < -0.4 is 0 Å². The van der Waals surface area contributed by atoms with Crippen LogP contribution in [0, 0.1) is 5.41 Å². The SMILES string of the molecule is CC(Cl)c1nnnn1CC(C)(C)C. The molecule has 13 heavy (non-hydrogen) atoms. The predicted octanol–water partition coefficient (Wildman–Crippen LogP) is 2.02. The number of alkyl halides is 1. The van der Waals surface area contributed by atoms with E-state index in [2.05, 4.69) is 36.3 Å². The molecule has 1 heterocycles. The number of halogens is 1. The molecule has 0 N–H and O–H groups in total. The molecule has 0 saturated carbocycles. The van der Waals surface area contributed by atoms with E-state index in [0.29, 0.717) is 0 Å². The Labute approximate surface area is 83.3 Å². The fourth-order valence-electron chi connectivity index (χ4n) is 1.06. The van der Waals surface area contributed by atoms with E-state index in [-0.39, 0.29) is 10.8 Å². The summed E-state index contributed by atoms with van der Waals surface area (Å²) in [5, 5.41) is 11.2. The Bertz CT molecular complexity index is 274. The third-order valence-corrected chi connectivity index (χ3v) is 1.73. The molecule has 0 aliphatic rings. The van der Waals surface area contributed by atoms with Gasteiger partial charge in [-0.3, -0.25) is 0 Å². The van der Waals surface area contributed by atoms with Crippen LogP contribution in [-0.2, 0) is 6.54 Å². The maximum atomic E-state index is 5.92. The van der Waals surface area contributed by atoms with Crippen LogP contribution in [-0.4, -0.2) is 20.2 Å². The summed E-state index contributed by atoms with van der Waals surface area (Å²) >= 11 is 5.92. The molecule has 0 radical (unpaired) electrons. The smallest absolute Gasteiger partial charge is 0.168 e. The van der Waals surface area contributed by atoms with Crippen molar-refractivity contribution >= 4 is 11.6 Å². The first kappa shape index (κ1) is 10.4. The fourth-order valence-corrected chi connectivity index (χ4v) is 1.21. The first-order chi connectivity index (χ1) is 5.90. The van der Waals surface area contributed by atoms with Gasteiger partial charge in [0.1, 0.15) is 0 Å². The monoisotopic (exact) mass is 202 g/mol. The summed E-state index contributed by atoms with van der Waals surface area (Å²) in [4.78, 5) is 0. The number of tetrazole rings is 1. The van der Waals surface area contributed by atoms with Crippen LogP contribution >= 0.6 is 11.6 Å². The lowest BCUT2D eigenvalue weighted by atomic mass is 9.97. The van der Waals surface area contributed by atoms with E-state index in [0.717, 1.165) is 12.4 Å². The van der Waals surface area contributed by atoms with Crippen LogP contribution in [0.25, 0.3) is 0 Å². The normalized spacial score (nSPS) is 14.5. The molecular weight excluding hydrogens is 188 g/mol. The summed E-state index contributed by atoms with van der Waals surface area (Å²) < 4.78 is 1.76. The standard InChI is InChI=1S/C8H15ClN4/c1-6(9)7-10-11-12-13(7)5-8(2,3)4/h6H,5H2,1-4H3. The average molecular weight is 203 g/mol. The summed E-state index contributed by atoms with van der Waals surface area (Å²) in [7, 11) is 0. The van der Waals surface area contributed by atoms with Crippen molar-refractivity contribution in [3.05, 3.63) is 5.82 Å². The van der Waals surface area contributed by atoms with E-state index in [1.165, 1.54) is 0 Å². The van der Waals surface area contributed by atoms with Gasteiger partial charge in [-0.15, -0.1) is 16.7 Å². The molecule has 1 aromatic heterocycles. The lowest BCUT2D eigenvalue weighted by Gasteiger charge is -2.18. The quantitative estimate of drug-likeness (QED) is 0.690. The zero-order chi connectivity index (χ0) is 10.1. The van der Waals surface area contributed by atoms with Gasteiger partial charge in [-0.2, -0.15) is 0 Å². The van der Waals surface area contributed by atoms with Crippen molar-refractivity contribution in [1.82, 2.24) is 20.2 Å². The second-order valence-corrected chi connectivity index (χ2v) is 5.03. The zero-order valence-electron chi connectivity index (χ0n) is 8.45. The molecular formula is C8H15ClN4. The highest BCUT2D eigenvalue weighted by molar-refractivity contribution is 6.20. The van der Waals surface area contributed by atoms with Crippen molar-refractivity contribution in [2.75, 3.05) is 0 Å². The van der Waals surface area contributed by atoms with Crippen molar-refractivity contribution in [2.45, 2.75) is 39.6 Å². The van der Waals surface area contributed by atoms with Crippen LogP contribution in [0.5, 0.6) is 0 Å². The molecule has 0 amide bonds. The van der Waals surface area contributed by atoms with E-state index in [4.69, 9.17) is 11.6 Å². The lowest BCUT2D eigenvalue weighted by Crippen LogP contribution is -2.18. The second-order valence-electron chi connectivity index (χ2n) is 4.37. The lowest BCUT2D eigenvalue weighted by molar-refractivity contribution is 0.315. The molecule has 0 aliphatic heterocycles. The Morgan fingerprint density at radius 1 is 1.46 bits per heavy atom. The molecule has 1 unspecified atom stereocenters. The topological polar surface area (TPSA) is 43.6 Å². The van der Waals surface area contributed by atoms with Gasteiger partial charge in [0.2, 0.25) is 0 Å². The van der Waals surface area contributed by atoms with Crippen molar-refractivity contribution in [3.63, 3.8) is 0 Å². The van der Waals surface area contributed by atoms with Gasteiger partial charge < -0.3 is 0 Å². The number of nitrogens with zero attached hydrogens (tertiary/aromatic N) is 4. The van der Waals surface area contributed by atoms with E-state index in [9.17, 15) is 0 Å². The number of rotatable bonds is 2. The maximum absolute atomic E-state index is 5.92. The summed E-state index contributed by atoms with van der Waals surface area (Å²) in [6.07, 6.45) is 0. The Morgan fingerprint density at radius 3 is 2.54 bits per heavy atom. The molecule has 1 rings (SSSR count). The Hall–Kier alpha value is -0.640. The minimum absolute atomic E-state index is 0.141. The molecule has 1 atom stereocenters. The van der Waals surface area contributed by atoms with Gasteiger partial charge >= 0.3 is 0 Å². The molecule has 74 valence electrons. The van der Waals surface area contributed by atoms with E-state index in [1.54, 1.807) is 4.68 Å². The number of aromatic nitrogens is 4. The summed E-state index contributed by atoms with van der Waals surface area (Å²) in [6.45, 7) is 9.06. The Morgan fingerprint density at radius 2 is 2.08 bits per heavy atom. The van der Waals surface area contributed by atoms with Crippen LogP contribution in [0.3, 0.4) is 0 Å². The first-order valence-electron chi connectivity index (χ1n) is 4.30. The maximum Gasteiger partial charge on any atom is 0.168 e. The van der Waals surface area contributed by atoms with Crippen molar-refractivity contribution in [3.8, 4) is 0 Å². The van der Waals surface area contributed by atoms with Gasteiger partial charge in [0.25, 0.3) is 0 Å². The van der Waals surface area contributed by atoms with Gasteiger partial charge in [0.15, 0.2) is 5.82 Å². The molecule has 0 bridgehead atoms. The van der Waals surface area contributed by atoms with Crippen LogP contribution in [0.1, 0.15) is 38.9 Å². The molecule has 4 nitrogen and oxygen atoms in total. The molecule has 0 fully saturated rings. The van der Waals surface area contributed by atoms with E-state index in [1.807, 2.05) is 6.92 Å². The van der Waals surface area contributed by atoms with Crippen molar-refractivity contribution in [2.24, 2.45) is 5.41 Å². The number of hydrogen-bond acceptors (Lipinski definition) is 3. The summed E-state index contributed by atoms with van der Waals surface area (Å²) in [6, 6.07) is 0. The van der Waals surface area contributed by atoms with Gasteiger partial charge in [0, 0.05) is 6.54 Å². The molecule has 5 heteroatoms. The van der Waals surface area contributed by atoms with Gasteiger partial charge in [-0.1, -0.05) is 20.8 Å². The van der Waals surface area contributed by atoms with Crippen LogP contribution in [0.2, 0.25) is 0 Å². The minimum Gasteiger partial charge on any atom is -0.228 e. The van der Waals surface area contributed by atoms with Gasteiger partial charge in [-0.25, -0.2) is 4.68 Å². The molecule has 0 aliphatic carbocycles. The van der Waals surface area contributed by atoms with Gasteiger partial charge in [-0.05, 0) is 22.8 Å². The Kier molecular flexibility index (Phi) is 2.91. The highest BCUT2D eigenvalue weighted by Gasteiger charge is 2.17. The summed E-state index contributed by atoms with van der Waals surface area (Å²) in [5.41, 5.74) is 0.163. The second kappa shape index (κ2) is 3.62. The largest absolute Gasteiger partial charge is 0.228 e. The first-order valence-corrected chi connectivity index (χ1v) is 4.74. The molecule has 0 aromatic carbocycles. The van der Waals surface area contributed by atoms with E-state index < -0.39 is 0 Å². The van der Waals surface area contributed by atoms with Crippen molar-refractivity contribution in [1.29, 1.82) is 0 Å². The summed E-state index contributed by atoms with van der Waals surface area (Å²) in [5.74, 6) is 0.733. The highest BCUT2D eigenvalue weighted by atomic mass is 35.5. The predicted molar refractivity (Wildman–Crippen MR) is 51.5 cm³/mol. The zero-order valence-corrected chi connectivity index (χ0v) is 9.21. The van der Waals surface area contributed by atoms with E-state index >= 15 is 0 Å². The number of hydrogen-bond donors (Lipinski definition) is 0. The van der Waals surface area contributed by atoms with Crippen molar-refractivity contribution < 1.29 is 0 Å². The highest BCUT2D eigenvalue weighted by Crippen LogP contribution is 2.20. The van der Waals surface area contributed by atoms with Crippen LogP contribution in [0.4, 0.5) is 0 Å². The molecule has 1 aromatic rings. The fraction of sp³-hybridized carbons (Fsp3) is 0.875. The average Bonchev–Trinajstić information content (AvgIpc) is 2.31. The van der Waals surface area contributed by atoms with Gasteiger partial charge in [0.05, 0.1) is 5.38 Å². The molecule has 0 spiro atoms. The minimum atomic E-state index is -0.141. The third-order valence-electron chi connectivity index (χ3n) is 1.54. The molecule has 0 saturated heterocycles. The Balaban J connectivity index is 2.83. The third kappa shape index (κ3) is 2.95. The van der Waals surface area contributed by atoms with Crippen LogP contribution in [0.15, 0.2) is 0 Å².